The van der Waals surface area contributed by atoms with Crippen molar-refractivity contribution in [3.8, 4) is 11.3 Å². The quantitative estimate of drug-likeness (QED) is 0.941. The molecule has 0 saturated carbocycles. The Morgan fingerprint density at radius 2 is 1.80 bits per heavy atom. The molecule has 0 amide bonds. The Morgan fingerprint density at radius 1 is 1.05 bits per heavy atom. The highest BCUT2D eigenvalue weighted by atomic mass is 35.5. The van der Waals surface area contributed by atoms with Gasteiger partial charge < -0.3 is 5.32 Å². The Bertz CT molecular complexity index is 545. The second-order valence-electron chi connectivity index (χ2n) is 5.08. The molecule has 2 heterocycles. The van der Waals surface area contributed by atoms with Crippen LogP contribution in [0.5, 0.6) is 0 Å². The number of nitrogens with one attached hydrogen (secondary N) is 1. The summed E-state index contributed by atoms with van der Waals surface area (Å²) in [6, 6.07) is 12.5. The predicted molar refractivity (Wildman–Crippen MR) is 82.8 cm³/mol. The maximum Gasteiger partial charge on any atom is 0.0703 e. The Kier molecular flexibility index (Phi) is 4.31. The largest absolute Gasteiger partial charge is 0.314 e. The van der Waals surface area contributed by atoms with Crippen LogP contribution in [0.4, 0.5) is 0 Å². The molecule has 0 aliphatic carbocycles. The lowest BCUT2D eigenvalue weighted by atomic mass is 10.1. The van der Waals surface area contributed by atoms with E-state index in [1.165, 1.54) is 5.56 Å². The van der Waals surface area contributed by atoms with Crippen molar-refractivity contribution in [2.75, 3.05) is 26.2 Å². The number of halogens is 1. The van der Waals surface area contributed by atoms with Crippen molar-refractivity contribution in [2.45, 2.75) is 6.54 Å². The van der Waals surface area contributed by atoms with Gasteiger partial charge >= 0.3 is 0 Å². The molecular weight excluding hydrogens is 270 g/mol. The summed E-state index contributed by atoms with van der Waals surface area (Å²) in [6.45, 7) is 5.45. The molecule has 104 valence electrons. The Hall–Kier alpha value is -1.42. The minimum atomic E-state index is 0.670. The van der Waals surface area contributed by atoms with Gasteiger partial charge in [-0.2, -0.15) is 0 Å². The molecule has 0 atom stereocenters. The Balaban J connectivity index is 1.69. The van der Waals surface area contributed by atoms with Crippen LogP contribution in [0, 0.1) is 0 Å². The molecule has 1 fully saturated rings. The van der Waals surface area contributed by atoms with Gasteiger partial charge in [0.15, 0.2) is 0 Å². The number of rotatable bonds is 3. The summed E-state index contributed by atoms with van der Waals surface area (Å²) in [4.78, 5) is 6.82. The van der Waals surface area contributed by atoms with E-state index in [9.17, 15) is 0 Å². The fraction of sp³-hybridized carbons (Fsp3) is 0.312. The fourth-order valence-electron chi connectivity index (χ4n) is 2.45. The van der Waals surface area contributed by atoms with E-state index in [0.29, 0.717) is 5.02 Å². The van der Waals surface area contributed by atoms with Crippen molar-refractivity contribution in [3.05, 3.63) is 53.2 Å². The normalized spacial score (nSPS) is 16.2. The second kappa shape index (κ2) is 6.35. The van der Waals surface area contributed by atoms with E-state index in [4.69, 9.17) is 11.6 Å². The van der Waals surface area contributed by atoms with Crippen LogP contribution >= 0.6 is 11.6 Å². The lowest BCUT2D eigenvalue weighted by Gasteiger charge is -2.27. The molecule has 0 radical (unpaired) electrons. The van der Waals surface area contributed by atoms with Gasteiger partial charge in [0.1, 0.15) is 0 Å². The maximum absolute atomic E-state index is 5.86. The maximum atomic E-state index is 5.86. The summed E-state index contributed by atoms with van der Waals surface area (Å²) in [5.74, 6) is 0. The van der Waals surface area contributed by atoms with Crippen molar-refractivity contribution in [2.24, 2.45) is 0 Å². The summed E-state index contributed by atoms with van der Waals surface area (Å²) in [6.07, 6.45) is 1.69. The zero-order valence-electron chi connectivity index (χ0n) is 11.3. The van der Waals surface area contributed by atoms with E-state index in [0.717, 1.165) is 44.0 Å². The van der Waals surface area contributed by atoms with Crippen LogP contribution < -0.4 is 5.32 Å². The van der Waals surface area contributed by atoms with E-state index in [1.54, 1.807) is 6.20 Å². The number of aromatic nitrogens is 1. The number of piperazine rings is 1. The van der Waals surface area contributed by atoms with Crippen LogP contribution in [0.25, 0.3) is 11.3 Å². The van der Waals surface area contributed by atoms with Gasteiger partial charge in [-0.1, -0.05) is 35.9 Å². The molecule has 1 N–H and O–H groups in total. The van der Waals surface area contributed by atoms with Gasteiger partial charge in [-0.3, -0.25) is 9.88 Å². The molecule has 2 aromatic rings. The van der Waals surface area contributed by atoms with E-state index in [-0.39, 0.29) is 0 Å². The number of nitrogens with zero attached hydrogens (tertiary/aromatic N) is 2. The Labute approximate surface area is 124 Å². The predicted octanol–water partition coefficient (Wildman–Crippen LogP) is 2.81. The zero-order chi connectivity index (χ0) is 13.8. The van der Waals surface area contributed by atoms with Gasteiger partial charge in [0.2, 0.25) is 0 Å². The summed E-state index contributed by atoms with van der Waals surface area (Å²) in [5, 5.41) is 4.05. The van der Waals surface area contributed by atoms with Crippen molar-refractivity contribution in [1.29, 1.82) is 0 Å². The first-order valence-electron chi connectivity index (χ1n) is 6.95. The van der Waals surface area contributed by atoms with Crippen molar-refractivity contribution < 1.29 is 0 Å². The molecule has 0 unspecified atom stereocenters. The molecule has 1 aromatic heterocycles. The summed E-state index contributed by atoms with van der Waals surface area (Å²) in [7, 11) is 0. The van der Waals surface area contributed by atoms with Crippen LogP contribution in [0.2, 0.25) is 5.02 Å². The first-order valence-corrected chi connectivity index (χ1v) is 7.33. The molecule has 1 aliphatic rings. The third-order valence-corrected chi connectivity index (χ3v) is 3.82. The van der Waals surface area contributed by atoms with E-state index in [2.05, 4.69) is 39.5 Å². The molecule has 0 bridgehead atoms. The minimum absolute atomic E-state index is 0.670. The highest BCUT2D eigenvalue weighted by molar-refractivity contribution is 6.30. The number of hydrogen-bond donors (Lipinski definition) is 1. The molecule has 1 aromatic carbocycles. The van der Waals surface area contributed by atoms with Crippen LogP contribution in [0.1, 0.15) is 5.56 Å². The average molecular weight is 288 g/mol. The van der Waals surface area contributed by atoms with Crippen LogP contribution in [-0.4, -0.2) is 36.1 Å². The first kappa shape index (κ1) is 13.6. The monoisotopic (exact) mass is 287 g/mol. The third-order valence-electron chi connectivity index (χ3n) is 3.59. The van der Waals surface area contributed by atoms with Crippen molar-refractivity contribution in [1.82, 2.24) is 15.2 Å². The fourth-order valence-corrected chi connectivity index (χ4v) is 2.57. The second-order valence-corrected chi connectivity index (χ2v) is 5.52. The molecule has 4 heteroatoms. The average Bonchev–Trinajstić information content (AvgIpc) is 2.50. The lowest BCUT2D eigenvalue weighted by molar-refractivity contribution is 0.233. The van der Waals surface area contributed by atoms with Gasteiger partial charge in [-0.05, 0) is 17.7 Å². The van der Waals surface area contributed by atoms with Gasteiger partial charge in [0.25, 0.3) is 0 Å². The van der Waals surface area contributed by atoms with E-state index < -0.39 is 0 Å². The molecular formula is C16H18ClN3. The molecule has 20 heavy (non-hydrogen) atoms. The third kappa shape index (κ3) is 3.37. The standard InChI is InChI=1S/C16H18ClN3/c17-15-5-6-16(19-11-15)14-3-1-13(2-4-14)12-20-9-7-18-8-10-20/h1-6,11,18H,7-10,12H2. The Morgan fingerprint density at radius 3 is 2.45 bits per heavy atom. The molecule has 3 nitrogen and oxygen atoms in total. The van der Waals surface area contributed by atoms with Crippen LogP contribution in [-0.2, 0) is 6.54 Å². The van der Waals surface area contributed by atoms with Gasteiger partial charge in [0.05, 0.1) is 10.7 Å². The topological polar surface area (TPSA) is 28.2 Å². The molecule has 0 spiro atoms. The van der Waals surface area contributed by atoms with E-state index in [1.807, 2.05) is 12.1 Å². The van der Waals surface area contributed by atoms with Gasteiger partial charge in [-0.15, -0.1) is 0 Å². The van der Waals surface area contributed by atoms with Crippen molar-refractivity contribution >= 4 is 11.6 Å². The highest BCUT2D eigenvalue weighted by Crippen LogP contribution is 2.19. The highest BCUT2D eigenvalue weighted by Gasteiger charge is 2.09. The lowest BCUT2D eigenvalue weighted by Crippen LogP contribution is -2.42. The SMILES string of the molecule is Clc1ccc(-c2ccc(CN3CCNCC3)cc2)nc1. The smallest absolute Gasteiger partial charge is 0.0703 e. The van der Waals surface area contributed by atoms with Crippen LogP contribution in [0.3, 0.4) is 0 Å². The summed E-state index contributed by atoms with van der Waals surface area (Å²) in [5.41, 5.74) is 3.44. The first-order chi connectivity index (χ1) is 9.81. The molecule has 1 saturated heterocycles. The molecule has 3 rings (SSSR count). The van der Waals surface area contributed by atoms with Crippen molar-refractivity contribution in [3.63, 3.8) is 0 Å². The number of benzene rings is 1. The minimum Gasteiger partial charge on any atom is -0.314 e. The number of pyridine rings is 1. The zero-order valence-corrected chi connectivity index (χ0v) is 12.1. The van der Waals surface area contributed by atoms with E-state index >= 15 is 0 Å². The molecule has 1 aliphatic heterocycles. The van der Waals surface area contributed by atoms with Gasteiger partial charge in [-0.25, -0.2) is 0 Å². The number of hydrogen-bond acceptors (Lipinski definition) is 3. The summed E-state index contributed by atoms with van der Waals surface area (Å²) >= 11 is 5.86. The van der Waals surface area contributed by atoms with Gasteiger partial charge in [0, 0.05) is 44.5 Å². The van der Waals surface area contributed by atoms with Crippen LogP contribution in [0.15, 0.2) is 42.6 Å². The summed E-state index contributed by atoms with van der Waals surface area (Å²) < 4.78 is 0.